The van der Waals surface area contributed by atoms with Crippen LogP contribution in [0.15, 0.2) is 54.9 Å². The van der Waals surface area contributed by atoms with Crippen molar-refractivity contribution in [3.63, 3.8) is 0 Å². The Balaban J connectivity index is 1.47. The predicted molar refractivity (Wildman–Crippen MR) is 113 cm³/mol. The third-order valence-electron chi connectivity index (χ3n) is 5.10. The van der Waals surface area contributed by atoms with Crippen LogP contribution in [0.2, 0.25) is 0 Å². The zero-order chi connectivity index (χ0) is 20.3. The molecule has 0 bridgehead atoms. The lowest BCUT2D eigenvalue weighted by molar-refractivity contribution is 0.298. The van der Waals surface area contributed by atoms with E-state index < -0.39 is 10.0 Å². The molecule has 0 unspecified atom stereocenters. The Kier molecular flexibility index (Phi) is 5.64. The maximum Gasteiger partial charge on any atom is 0.221 e. The number of rotatable bonds is 6. The molecule has 4 rings (SSSR count). The van der Waals surface area contributed by atoms with Crippen LogP contribution in [-0.2, 0) is 16.6 Å². The molecule has 1 aromatic carbocycles. The molecule has 1 saturated heterocycles. The van der Waals surface area contributed by atoms with Crippen molar-refractivity contribution in [3.8, 4) is 5.88 Å². The van der Waals surface area contributed by atoms with Gasteiger partial charge in [0.25, 0.3) is 0 Å². The molecule has 7 nitrogen and oxygen atoms in total. The molecule has 2 aromatic heterocycles. The summed E-state index contributed by atoms with van der Waals surface area (Å²) >= 11 is 0. The molecule has 1 N–H and O–H groups in total. The monoisotopic (exact) mass is 412 g/mol. The third-order valence-corrected chi connectivity index (χ3v) is 6.41. The molecule has 8 heteroatoms. The number of pyridine rings is 2. The maximum absolute atomic E-state index is 11.7. The summed E-state index contributed by atoms with van der Waals surface area (Å²) in [5.74, 6) is 1.32. The molecule has 0 amide bonds. The normalized spacial score (nSPS) is 16.0. The predicted octanol–water partition coefficient (Wildman–Crippen LogP) is 3.04. The molecule has 0 spiro atoms. The quantitative estimate of drug-likeness (QED) is 0.670. The number of ether oxygens (including phenoxy) is 1. The Morgan fingerprint density at radius 1 is 1.14 bits per heavy atom. The van der Waals surface area contributed by atoms with Crippen molar-refractivity contribution in [3.05, 3.63) is 60.4 Å². The summed E-state index contributed by atoms with van der Waals surface area (Å²) in [4.78, 5) is 8.90. The number of sulfonamides is 1. The van der Waals surface area contributed by atoms with Gasteiger partial charge >= 0.3 is 0 Å². The zero-order valence-corrected chi connectivity index (χ0v) is 17.1. The number of hydrogen-bond donors (Lipinski definition) is 1. The lowest BCUT2D eigenvalue weighted by Gasteiger charge is -2.30. The number of hydrogen-bond acceptors (Lipinski definition) is 6. The van der Waals surface area contributed by atoms with Crippen LogP contribution in [-0.4, -0.2) is 48.1 Å². The first-order chi connectivity index (χ1) is 14.0. The minimum atomic E-state index is -3.12. The van der Waals surface area contributed by atoms with E-state index >= 15 is 0 Å². The van der Waals surface area contributed by atoms with E-state index in [2.05, 4.69) is 15.3 Å². The average Bonchev–Trinajstić information content (AvgIpc) is 2.73. The topological polar surface area (TPSA) is 84.4 Å². The van der Waals surface area contributed by atoms with Crippen molar-refractivity contribution < 1.29 is 13.2 Å². The van der Waals surface area contributed by atoms with Gasteiger partial charge in [0.1, 0.15) is 12.4 Å². The molecule has 152 valence electrons. The van der Waals surface area contributed by atoms with Crippen molar-refractivity contribution >= 4 is 26.6 Å². The molecular weight excluding hydrogens is 388 g/mol. The Morgan fingerprint density at radius 3 is 2.62 bits per heavy atom. The molecule has 1 fully saturated rings. The molecule has 3 heterocycles. The molecule has 3 aromatic rings. The Bertz CT molecular complexity index is 1080. The van der Waals surface area contributed by atoms with Gasteiger partial charge in [0, 0.05) is 42.3 Å². The van der Waals surface area contributed by atoms with Crippen molar-refractivity contribution in [1.82, 2.24) is 14.3 Å². The van der Waals surface area contributed by atoms with Gasteiger partial charge in [0.2, 0.25) is 15.9 Å². The second-order valence-corrected chi connectivity index (χ2v) is 9.24. The number of aromatic nitrogens is 2. The lowest BCUT2D eigenvalue weighted by Crippen LogP contribution is -2.41. The highest BCUT2D eigenvalue weighted by molar-refractivity contribution is 7.88. The van der Waals surface area contributed by atoms with Crippen molar-refractivity contribution in [1.29, 1.82) is 0 Å². The highest BCUT2D eigenvalue weighted by Crippen LogP contribution is 2.26. The third kappa shape index (κ3) is 4.83. The van der Waals surface area contributed by atoms with Crippen molar-refractivity contribution in [2.24, 2.45) is 0 Å². The fourth-order valence-corrected chi connectivity index (χ4v) is 4.37. The number of benzene rings is 1. The Morgan fingerprint density at radius 2 is 1.90 bits per heavy atom. The molecule has 0 atom stereocenters. The first kappa shape index (κ1) is 19.6. The van der Waals surface area contributed by atoms with E-state index in [9.17, 15) is 8.42 Å². The van der Waals surface area contributed by atoms with Crippen LogP contribution in [0, 0.1) is 0 Å². The fourth-order valence-electron chi connectivity index (χ4n) is 3.50. The van der Waals surface area contributed by atoms with E-state index in [1.165, 1.54) is 10.6 Å². The summed E-state index contributed by atoms with van der Waals surface area (Å²) in [6, 6.07) is 14.0. The highest BCUT2D eigenvalue weighted by atomic mass is 32.2. The molecule has 1 aliphatic rings. The summed E-state index contributed by atoms with van der Waals surface area (Å²) in [5.41, 5.74) is 1.08. The fraction of sp³-hybridized carbons (Fsp3) is 0.333. The SMILES string of the molecule is CS(=O)(=O)N1CCC(Nc2cc3c(OCc4ccccc4)nccc3cn2)CC1. The maximum atomic E-state index is 11.7. The van der Waals surface area contributed by atoms with E-state index in [1.807, 2.05) is 42.5 Å². The smallest absolute Gasteiger partial charge is 0.221 e. The lowest BCUT2D eigenvalue weighted by atomic mass is 10.1. The van der Waals surface area contributed by atoms with Crippen LogP contribution in [0.25, 0.3) is 10.8 Å². The molecule has 0 aliphatic carbocycles. The number of anilines is 1. The van der Waals surface area contributed by atoms with Crippen LogP contribution in [0.1, 0.15) is 18.4 Å². The summed E-state index contributed by atoms with van der Waals surface area (Å²) in [7, 11) is -3.12. The van der Waals surface area contributed by atoms with Gasteiger partial charge in [-0.3, -0.25) is 0 Å². The van der Waals surface area contributed by atoms with Gasteiger partial charge in [-0.25, -0.2) is 22.7 Å². The minimum absolute atomic E-state index is 0.184. The van der Waals surface area contributed by atoms with Gasteiger partial charge in [-0.1, -0.05) is 30.3 Å². The second-order valence-electron chi connectivity index (χ2n) is 7.26. The summed E-state index contributed by atoms with van der Waals surface area (Å²) in [6.45, 7) is 1.50. The van der Waals surface area contributed by atoms with Crippen LogP contribution in [0.5, 0.6) is 5.88 Å². The van der Waals surface area contributed by atoms with Crippen LogP contribution >= 0.6 is 0 Å². The Labute approximate surface area is 170 Å². The molecule has 0 saturated carbocycles. The van der Waals surface area contributed by atoms with E-state index in [0.29, 0.717) is 25.6 Å². The summed E-state index contributed by atoms with van der Waals surface area (Å²) < 4.78 is 30.8. The molecular formula is C21H24N4O3S. The molecule has 1 aliphatic heterocycles. The number of nitrogens with one attached hydrogen (secondary N) is 1. The van der Waals surface area contributed by atoms with Gasteiger partial charge in [-0.15, -0.1) is 0 Å². The largest absolute Gasteiger partial charge is 0.472 e. The van der Waals surface area contributed by atoms with Crippen molar-refractivity contribution in [2.45, 2.75) is 25.5 Å². The number of fused-ring (bicyclic) bond motifs is 1. The number of nitrogens with zero attached hydrogens (tertiary/aromatic N) is 3. The van der Waals surface area contributed by atoms with E-state index in [1.54, 1.807) is 12.4 Å². The van der Waals surface area contributed by atoms with E-state index in [-0.39, 0.29) is 6.04 Å². The summed E-state index contributed by atoms with van der Waals surface area (Å²) in [5, 5.41) is 5.29. The Hall–Kier alpha value is -2.71. The summed E-state index contributed by atoms with van der Waals surface area (Å²) in [6.07, 6.45) is 6.28. The number of piperidine rings is 1. The molecule has 0 radical (unpaired) electrons. The first-order valence-corrected chi connectivity index (χ1v) is 11.5. The van der Waals surface area contributed by atoms with Gasteiger partial charge in [-0.2, -0.15) is 0 Å². The zero-order valence-electron chi connectivity index (χ0n) is 16.3. The van der Waals surface area contributed by atoms with Gasteiger partial charge in [0.15, 0.2) is 0 Å². The molecule has 29 heavy (non-hydrogen) atoms. The standard InChI is InChI=1S/C21H24N4O3S/c1-29(26,27)25-11-8-18(9-12-25)24-20-13-19-17(14-23-20)7-10-22-21(19)28-15-16-5-3-2-4-6-16/h2-7,10,13-14,18H,8-9,11-12,15H2,1H3,(H,23,24). The van der Waals surface area contributed by atoms with Gasteiger partial charge in [0.05, 0.1) is 6.26 Å². The highest BCUT2D eigenvalue weighted by Gasteiger charge is 2.25. The van der Waals surface area contributed by atoms with Gasteiger partial charge < -0.3 is 10.1 Å². The van der Waals surface area contributed by atoms with E-state index in [0.717, 1.165) is 35.0 Å². The van der Waals surface area contributed by atoms with Crippen LogP contribution in [0.3, 0.4) is 0 Å². The van der Waals surface area contributed by atoms with E-state index in [4.69, 9.17) is 4.74 Å². The van der Waals surface area contributed by atoms with Gasteiger partial charge in [-0.05, 0) is 30.5 Å². The van der Waals surface area contributed by atoms with Crippen LogP contribution in [0.4, 0.5) is 5.82 Å². The first-order valence-electron chi connectivity index (χ1n) is 9.62. The van der Waals surface area contributed by atoms with Crippen LogP contribution < -0.4 is 10.1 Å². The van der Waals surface area contributed by atoms with Crippen molar-refractivity contribution in [2.75, 3.05) is 24.7 Å². The average molecular weight is 413 g/mol. The second kappa shape index (κ2) is 8.34. The minimum Gasteiger partial charge on any atom is -0.472 e.